The molecule has 1 rings (SSSR count). The van der Waals surface area contributed by atoms with Gasteiger partial charge in [0.2, 0.25) is 0 Å². The highest BCUT2D eigenvalue weighted by Crippen LogP contribution is 2.54. The van der Waals surface area contributed by atoms with Gasteiger partial charge in [-0.25, -0.2) is 4.57 Å². The van der Waals surface area contributed by atoms with Gasteiger partial charge >= 0.3 is 13.6 Å². The zero-order valence-electron chi connectivity index (χ0n) is 5.86. The summed E-state index contributed by atoms with van der Waals surface area (Å²) in [5.41, 5.74) is 0. The van der Waals surface area contributed by atoms with Gasteiger partial charge in [-0.3, -0.25) is 4.79 Å². The van der Waals surface area contributed by atoms with E-state index in [0.717, 1.165) is 0 Å². The summed E-state index contributed by atoms with van der Waals surface area (Å²) in [6, 6.07) is 0. The molecule has 1 saturated heterocycles. The maximum atomic E-state index is 11.1. The van der Waals surface area contributed by atoms with Gasteiger partial charge in [0, 0.05) is 7.11 Å². The lowest BCUT2D eigenvalue weighted by molar-refractivity contribution is -0.135. The molecule has 0 aromatic rings. The highest BCUT2D eigenvalue weighted by Gasteiger charge is 2.40. The van der Waals surface area contributed by atoms with Crippen molar-refractivity contribution in [2.45, 2.75) is 6.92 Å². The third-order valence-corrected chi connectivity index (χ3v) is 3.42. The summed E-state index contributed by atoms with van der Waals surface area (Å²) in [7, 11) is -1.73. The summed E-state index contributed by atoms with van der Waals surface area (Å²) in [5, 5.41) is 0. The highest BCUT2D eigenvalue weighted by atomic mass is 31.2. The van der Waals surface area contributed by atoms with Gasteiger partial charge in [0.1, 0.15) is 0 Å². The molecule has 0 spiro atoms. The van der Waals surface area contributed by atoms with Crippen LogP contribution in [-0.2, 0) is 18.4 Å². The minimum Gasteiger partial charge on any atom is -0.391 e. The molecule has 58 valence electrons. The molecule has 2 atom stereocenters. The van der Waals surface area contributed by atoms with Crippen LogP contribution in [0.25, 0.3) is 0 Å². The Morgan fingerprint density at radius 3 is 2.60 bits per heavy atom. The van der Waals surface area contributed by atoms with Crippen molar-refractivity contribution in [3.05, 3.63) is 0 Å². The van der Waals surface area contributed by atoms with E-state index in [1.807, 2.05) is 0 Å². The van der Waals surface area contributed by atoms with Crippen LogP contribution in [0.15, 0.2) is 0 Å². The Balaban J connectivity index is 2.74. The van der Waals surface area contributed by atoms with Crippen molar-refractivity contribution in [3.63, 3.8) is 0 Å². The second kappa shape index (κ2) is 2.36. The van der Waals surface area contributed by atoms with Gasteiger partial charge in [-0.1, -0.05) is 6.92 Å². The van der Waals surface area contributed by atoms with Crippen molar-refractivity contribution in [2.75, 3.05) is 13.3 Å². The molecule has 1 heterocycles. The number of hydrogen-bond donors (Lipinski definition) is 0. The molecule has 5 heteroatoms. The van der Waals surface area contributed by atoms with Gasteiger partial charge in [0.05, 0.1) is 12.1 Å². The Bertz CT molecular complexity index is 200. The Kier molecular flexibility index (Phi) is 1.84. The minimum absolute atomic E-state index is 0.211. The van der Waals surface area contributed by atoms with Crippen molar-refractivity contribution >= 4 is 13.6 Å². The van der Waals surface area contributed by atoms with E-state index >= 15 is 0 Å². The van der Waals surface area contributed by atoms with Crippen LogP contribution in [0.2, 0.25) is 0 Å². The average Bonchev–Trinajstić information content (AvgIpc) is 2.10. The molecule has 4 nitrogen and oxygen atoms in total. The van der Waals surface area contributed by atoms with Crippen molar-refractivity contribution in [1.82, 2.24) is 0 Å². The molecular formula is C5H9O4P. The first-order chi connectivity index (χ1) is 4.57. The standard InChI is InChI=1S/C5H9O4P/c1-4-3-10(7,8-2)9-5(4)6/h4H,3H2,1-2H3. The van der Waals surface area contributed by atoms with Gasteiger partial charge in [0.25, 0.3) is 0 Å². The molecule has 1 aliphatic rings. The predicted molar refractivity (Wildman–Crippen MR) is 34.7 cm³/mol. The van der Waals surface area contributed by atoms with Crippen LogP contribution in [0.3, 0.4) is 0 Å². The Labute approximate surface area is 59.0 Å². The van der Waals surface area contributed by atoms with E-state index in [1.54, 1.807) is 6.92 Å². The summed E-state index contributed by atoms with van der Waals surface area (Å²) >= 11 is 0. The molecule has 1 fully saturated rings. The molecule has 0 saturated carbocycles. The zero-order chi connectivity index (χ0) is 7.78. The minimum atomic E-state index is -3.01. The fraction of sp³-hybridized carbons (Fsp3) is 0.800. The molecule has 0 N–H and O–H groups in total. The van der Waals surface area contributed by atoms with E-state index in [0.29, 0.717) is 0 Å². The SMILES string of the molecule is COP1(=O)CC(C)C(=O)O1. The van der Waals surface area contributed by atoms with Crippen LogP contribution in [0.5, 0.6) is 0 Å². The summed E-state index contributed by atoms with van der Waals surface area (Å²) in [4.78, 5) is 10.7. The van der Waals surface area contributed by atoms with Gasteiger partial charge < -0.3 is 9.05 Å². The van der Waals surface area contributed by atoms with E-state index in [9.17, 15) is 9.36 Å². The third-order valence-electron chi connectivity index (χ3n) is 1.41. The molecule has 0 aliphatic carbocycles. The lowest BCUT2D eigenvalue weighted by Crippen LogP contribution is -2.03. The predicted octanol–water partition coefficient (Wildman–Crippen LogP) is 1.02. The number of carbonyl (C=O) groups is 1. The van der Waals surface area contributed by atoms with E-state index in [2.05, 4.69) is 9.05 Å². The van der Waals surface area contributed by atoms with Crippen molar-refractivity contribution in [2.24, 2.45) is 5.92 Å². The van der Waals surface area contributed by atoms with Gasteiger partial charge in [0.15, 0.2) is 0 Å². The quantitative estimate of drug-likeness (QED) is 0.543. The zero-order valence-corrected chi connectivity index (χ0v) is 6.76. The summed E-state index contributed by atoms with van der Waals surface area (Å²) < 4.78 is 20.2. The van der Waals surface area contributed by atoms with Gasteiger partial charge in [-0.2, -0.15) is 0 Å². The maximum Gasteiger partial charge on any atom is 0.381 e. The maximum absolute atomic E-state index is 11.1. The normalized spacial score (nSPS) is 39.8. The fourth-order valence-corrected chi connectivity index (χ4v) is 2.36. The van der Waals surface area contributed by atoms with E-state index < -0.39 is 13.6 Å². The Morgan fingerprint density at radius 2 is 2.40 bits per heavy atom. The molecule has 2 unspecified atom stereocenters. The lowest BCUT2D eigenvalue weighted by atomic mass is 10.2. The molecule has 0 aromatic heterocycles. The molecule has 10 heavy (non-hydrogen) atoms. The molecule has 1 aliphatic heterocycles. The van der Waals surface area contributed by atoms with Gasteiger partial charge in [-0.05, 0) is 0 Å². The third kappa shape index (κ3) is 1.22. The number of carbonyl (C=O) groups excluding carboxylic acids is 1. The molecule has 0 amide bonds. The van der Waals surface area contributed by atoms with Crippen LogP contribution in [0.4, 0.5) is 0 Å². The monoisotopic (exact) mass is 164 g/mol. The fourth-order valence-electron chi connectivity index (χ4n) is 0.786. The van der Waals surface area contributed by atoms with Crippen LogP contribution < -0.4 is 0 Å². The van der Waals surface area contributed by atoms with Crippen molar-refractivity contribution < 1.29 is 18.4 Å². The first-order valence-corrected chi connectivity index (χ1v) is 4.68. The van der Waals surface area contributed by atoms with E-state index in [1.165, 1.54) is 7.11 Å². The van der Waals surface area contributed by atoms with Crippen LogP contribution in [0.1, 0.15) is 6.92 Å². The summed E-state index contributed by atoms with van der Waals surface area (Å²) in [6.07, 6.45) is 0.211. The van der Waals surface area contributed by atoms with Crippen LogP contribution in [-0.4, -0.2) is 19.2 Å². The summed E-state index contributed by atoms with van der Waals surface area (Å²) in [6.45, 7) is 1.67. The molecule has 0 radical (unpaired) electrons. The van der Waals surface area contributed by atoms with Gasteiger partial charge in [-0.15, -0.1) is 0 Å². The van der Waals surface area contributed by atoms with Crippen molar-refractivity contribution in [1.29, 1.82) is 0 Å². The smallest absolute Gasteiger partial charge is 0.381 e. The second-order valence-corrected chi connectivity index (χ2v) is 4.42. The van der Waals surface area contributed by atoms with Crippen molar-refractivity contribution in [3.8, 4) is 0 Å². The second-order valence-electron chi connectivity index (χ2n) is 2.29. The first kappa shape index (κ1) is 7.76. The van der Waals surface area contributed by atoms with E-state index in [-0.39, 0.29) is 12.1 Å². The summed E-state index contributed by atoms with van der Waals surface area (Å²) in [5.74, 6) is -0.712. The largest absolute Gasteiger partial charge is 0.391 e. The molecule has 0 aromatic carbocycles. The van der Waals surface area contributed by atoms with Crippen LogP contribution >= 0.6 is 7.60 Å². The topological polar surface area (TPSA) is 52.6 Å². The molecule has 0 bridgehead atoms. The number of hydrogen-bond acceptors (Lipinski definition) is 4. The lowest BCUT2D eigenvalue weighted by Gasteiger charge is -2.04. The number of rotatable bonds is 1. The van der Waals surface area contributed by atoms with E-state index in [4.69, 9.17) is 0 Å². The Hall–Kier alpha value is -0.340. The average molecular weight is 164 g/mol. The Morgan fingerprint density at radius 1 is 1.80 bits per heavy atom. The van der Waals surface area contributed by atoms with Crippen LogP contribution in [0, 0.1) is 5.92 Å². The highest BCUT2D eigenvalue weighted by molar-refractivity contribution is 7.55. The first-order valence-electron chi connectivity index (χ1n) is 2.95. The molecular weight excluding hydrogens is 155 g/mol.